The molecule has 0 amide bonds. The summed E-state index contributed by atoms with van der Waals surface area (Å²) in [6, 6.07) is 3.26. The van der Waals surface area contributed by atoms with Crippen LogP contribution in [0.2, 0.25) is 0 Å². The Kier molecular flexibility index (Phi) is 25.7. The van der Waals surface area contributed by atoms with Crippen LogP contribution in [-0.2, 0) is 25.6 Å². The van der Waals surface area contributed by atoms with Gasteiger partial charge in [0.05, 0.1) is 0 Å². The lowest BCUT2D eigenvalue weighted by Gasteiger charge is -2.05. The summed E-state index contributed by atoms with van der Waals surface area (Å²) in [6.07, 6.45) is 4.60. The minimum absolute atomic E-state index is 0.160. The van der Waals surface area contributed by atoms with Gasteiger partial charge in [-0.15, -0.1) is 0 Å². The second-order valence-electron chi connectivity index (χ2n) is 8.40. The lowest BCUT2D eigenvalue weighted by molar-refractivity contribution is -0.139. The first-order chi connectivity index (χ1) is 18.1. The van der Waals surface area contributed by atoms with Crippen molar-refractivity contribution in [3.8, 4) is 5.75 Å². The number of carbonyl (C=O) groups is 4. The SMILES string of the molecule is C[C@H](N)C(=O)O.NCCCC[C@H](N)C(=O)O.NCCCC[C@H](N)C(=O)O.N[C@@H](Cc1ccc(O)cc1)C(=O)O. The molecule has 0 aliphatic rings. The average molecular weight is 563 g/mol. The molecule has 0 unspecified atom stereocenters. The van der Waals surface area contributed by atoms with Gasteiger partial charge < -0.3 is 59.9 Å². The number of aliphatic carboxylic acids is 4. The number of carboxylic acids is 4. The van der Waals surface area contributed by atoms with Crippen LogP contribution in [-0.4, -0.2) is 86.7 Å². The Balaban J connectivity index is -0.000000458. The van der Waals surface area contributed by atoms with Crippen LogP contribution in [0.25, 0.3) is 0 Å². The molecule has 226 valence electrons. The van der Waals surface area contributed by atoms with E-state index >= 15 is 0 Å². The van der Waals surface area contributed by atoms with E-state index in [1.165, 1.54) is 19.1 Å². The van der Waals surface area contributed by atoms with Crippen LogP contribution in [0.3, 0.4) is 0 Å². The van der Waals surface area contributed by atoms with Gasteiger partial charge in [0.15, 0.2) is 0 Å². The van der Waals surface area contributed by atoms with Crippen LogP contribution in [0.1, 0.15) is 51.0 Å². The van der Waals surface area contributed by atoms with E-state index in [4.69, 9.17) is 59.9 Å². The summed E-state index contributed by atoms with van der Waals surface area (Å²) in [4.78, 5) is 40.2. The molecular formula is C24H46N6O9. The van der Waals surface area contributed by atoms with Crippen molar-refractivity contribution in [2.24, 2.45) is 34.4 Å². The molecule has 17 N–H and O–H groups in total. The Hall–Kier alpha value is -3.34. The van der Waals surface area contributed by atoms with Crippen LogP contribution in [0.5, 0.6) is 5.75 Å². The van der Waals surface area contributed by atoms with Crippen molar-refractivity contribution in [3.63, 3.8) is 0 Å². The highest BCUT2D eigenvalue weighted by Crippen LogP contribution is 2.10. The fraction of sp³-hybridized carbons (Fsp3) is 0.583. The highest BCUT2D eigenvalue weighted by Gasteiger charge is 2.12. The third kappa shape index (κ3) is 27.5. The molecule has 0 aliphatic carbocycles. The van der Waals surface area contributed by atoms with Crippen LogP contribution in [0.4, 0.5) is 0 Å². The summed E-state index contributed by atoms with van der Waals surface area (Å²) in [7, 11) is 0. The van der Waals surface area contributed by atoms with Gasteiger partial charge in [-0.2, -0.15) is 0 Å². The van der Waals surface area contributed by atoms with Crippen LogP contribution < -0.4 is 34.4 Å². The zero-order valence-corrected chi connectivity index (χ0v) is 22.3. The number of hydrogen-bond acceptors (Lipinski definition) is 11. The molecule has 15 heteroatoms. The first-order valence-electron chi connectivity index (χ1n) is 12.2. The summed E-state index contributed by atoms with van der Waals surface area (Å²) >= 11 is 0. The molecule has 1 aromatic carbocycles. The van der Waals surface area contributed by atoms with Gasteiger partial charge in [-0.25, -0.2) is 0 Å². The van der Waals surface area contributed by atoms with E-state index < -0.39 is 48.0 Å². The first kappa shape index (κ1) is 40.2. The van der Waals surface area contributed by atoms with Crippen molar-refractivity contribution in [1.82, 2.24) is 0 Å². The smallest absolute Gasteiger partial charge is 0.320 e. The molecule has 0 aliphatic heterocycles. The maximum atomic E-state index is 10.4. The molecule has 1 aromatic rings. The molecular weight excluding hydrogens is 516 g/mol. The largest absolute Gasteiger partial charge is 0.508 e. The minimum atomic E-state index is -1.02. The first-order valence-corrected chi connectivity index (χ1v) is 12.2. The molecule has 0 saturated carbocycles. The standard InChI is InChI=1S/C9H11NO3.2C6H14N2O2.C3H7NO2/c10-8(9(12)13)5-6-1-3-7(11)4-2-6;2*7-4-2-1-3-5(8)6(9)10;1-2(4)3(5)6/h1-4,8,11H,5,10H2,(H,12,13);2*5H,1-4,7-8H2,(H,9,10);2H,4H2,1H3,(H,5,6)/t8-;2*5-;2-/m0000/s1. The van der Waals surface area contributed by atoms with Crippen molar-refractivity contribution in [2.45, 2.75) is 76.0 Å². The predicted molar refractivity (Wildman–Crippen MR) is 146 cm³/mol. The van der Waals surface area contributed by atoms with Gasteiger partial charge in [-0.3, -0.25) is 19.2 Å². The van der Waals surface area contributed by atoms with E-state index in [2.05, 4.69) is 0 Å². The Labute approximate surface area is 228 Å². The van der Waals surface area contributed by atoms with Crippen molar-refractivity contribution in [3.05, 3.63) is 29.8 Å². The van der Waals surface area contributed by atoms with Gasteiger partial charge in [0, 0.05) is 0 Å². The van der Waals surface area contributed by atoms with Gasteiger partial charge in [0.2, 0.25) is 0 Å². The summed E-state index contributed by atoms with van der Waals surface area (Å²) in [5.74, 6) is -3.69. The fourth-order valence-corrected chi connectivity index (χ4v) is 2.24. The average Bonchev–Trinajstić information content (AvgIpc) is 2.86. The van der Waals surface area contributed by atoms with E-state index in [9.17, 15) is 19.2 Å². The van der Waals surface area contributed by atoms with Crippen LogP contribution >= 0.6 is 0 Å². The zero-order valence-electron chi connectivity index (χ0n) is 22.3. The van der Waals surface area contributed by atoms with Gasteiger partial charge in [0.1, 0.15) is 29.9 Å². The lowest BCUT2D eigenvalue weighted by Crippen LogP contribution is -2.32. The summed E-state index contributed by atoms with van der Waals surface area (Å²) in [5, 5.41) is 42.0. The van der Waals surface area contributed by atoms with Crippen molar-refractivity contribution in [1.29, 1.82) is 0 Å². The third-order valence-electron chi connectivity index (χ3n) is 4.67. The molecule has 0 saturated heterocycles. The third-order valence-corrected chi connectivity index (χ3v) is 4.67. The van der Waals surface area contributed by atoms with E-state index in [0.717, 1.165) is 31.2 Å². The number of phenols is 1. The van der Waals surface area contributed by atoms with Crippen molar-refractivity contribution in [2.75, 3.05) is 13.1 Å². The zero-order chi connectivity index (χ0) is 31.0. The number of carboxylic acid groups (broad SMARTS) is 4. The van der Waals surface area contributed by atoms with E-state index in [0.29, 0.717) is 25.9 Å². The molecule has 0 spiro atoms. The summed E-state index contributed by atoms with van der Waals surface area (Å²) in [6.45, 7) is 2.63. The van der Waals surface area contributed by atoms with Crippen LogP contribution in [0.15, 0.2) is 24.3 Å². The molecule has 0 heterocycles. The molecule has 1 rings (SSSR count). The molecule has 0 aromatic heterocycles. The highest BCUT2D eigenvalue weighted by molar-refractivity contribution is 5.74. The predicted octanol–water partition coefficient (Wildman–Crippen LogP) is -1.18. The number of rotatable bonds is 14. The van der Waals surface area contributed by atoms with E-state index in [-0.39, 0.29) is 12.2 Å². The van der Waals surface area contributed by atoms with Gasteiger partial charge in [-0.1, -0.05) is 25.0 Å². The molecule has 4 atom stereocenters. The van der Waals surface area contributed by atoms with E-state index in [1.54, 1.807) is 12.1 Å². The Bertz CT molecular complexity index is 784. The second kappa shape index (κ2) is 25.0. The number of phenolic OH excluding ortho intramolecular Hbond substituents is 1. The van der Waals surface area contributed by atoms with Crippen LogP contribution in [0, 0.1) is 0 Å². The second-order valence-corrected chi connectivity index (χ2v) is 8.40. The fourth-order valence-electron chi connectivity index (χ4n) is 2.24. The minimum Gasteiger partial charge on any atom is -0.508 e. The van der Waals surface area contributed by atoms with Crippen molar-refractivity contribution < 1.29 is 44.7 Å². The molecule has 0 radical (unpaired) electrons. The number of unbranched alkanes of at least 4 members (excludes halogenated alkanes) is 2. The summed E-state index contributed by atoms with van der Waals surface area (Å²) in [5.41, 5.74) is 31.8. The van der Waals surface area contributed by atoms with Gasteiger partial charge in [0.25, 0.3) is 0 Å². The van der Waals surface area contributed by atoms with E-state index in [1.807, 2.05) is 0 Å². The topological polar surface area (TPSA) is 326 Å². The quantitative estimate of drug-likeness (QED) is 0.119. The molecule has 0 bridgehead atoms. The number of benzene rings is 1. The molecule has 15 nitrogen and oxygen atoms in total. The highest BCUT2D eigenvalue weighted by atomic mass is 16.4. The maximum Gasteiger partial charge on any atom is 0.320 e. The number of aromatic hydroxyl groups is 1. The molecule has 0 fully saturated rings. The maximum absolute atomic E-state index is 10.4. The Morgan fingerprint density at radius 3 is 1.23 bits per heavy atom. The van der Waals surface area contributed by atoms with Gasteiger partial charge >= 0.3 is 23.9 Å². The lowest BCUT2D eigenvalue weighted by atomic mass is 10.1. The normalized spacial score (nSPS) is 12.9. The number of hydrogen-bond donors (Lipinski definition) is 11. The monoisotopic (exact) mass is 562 g/mol. The Morgan fingerprint density at radius 1 is 0.641 bits per heavy atom. The van der Waals surface area contributed by atoms with Crippen molar-refractivity contribution >= 4 is 23.9 Å². The summed E-state index contributed by atoms with van der Waals surface area (Å²) < 4.78 is 0. The Morgan fingerprint density at radius 2 is 0.974 bits per heavy atom. The molecule has 39 heavy (non-hydrogen) atoms. The number of nitrogens with two attached hydrogens (primary N) is 6. The van der Waals surface area contributed by atoms with Gasteiger partial charge in [-0.05, 0) is 69.8 Å².